The van der Waals surface area contributed by atoms with E-state index in [1.165, 1.54) is 12.0 Å². The Balaban J connectivity index is 1.31. The summed E-state index contributed by atoms with van der Waals surface area (Å²) in [7, 11) is 0. The molecule has 1 saturated heterocycles. The van der Waals surface area contributed by atoms with Gasteiger partial charge in [0.05, 0.1) is 0 Å². The van der Waals surface area contributed by atoms with Gasteiger partial charge in [-0.15, -0.1) is 0 Å². The molecule has 2 aliphatic rings. The average Bonchev–Trinajstić information content (AvgIpc) is 3.23. The maximum Gasteiger partial charge on any atom is 0.291 e. The molecule has 0 bridgehead atoms. The minimum atomic E-state index is -0.149. The summed E-state index contributed by atoms with van der Waals surface area (Å²) in [6, 6.07) is 17.9. The Morgan fingerprint density at radius 2 is 1.58 bits per heavy atom. The number of nitrogens with zero attached hydrogens (tertiary/aromatic N) is 2. The third kappa shape index (κ3) is 4.81. The Morgan fingerprint density at radius 1 is 0.879 bits per heavy atom. The standard InChI is InChI=1S/C27H31N3O3/c31-26(21-11-5-2-6-12-21)28-24-22-13-7-8-14-23(22)33-25(24)27(32)30-17-15-29(16-18-30)19-20-9-3-1-4-10-20/h1,3-4,7-10,13-14,21H,2,5-6,11-12,15-19H2,(H,28,31). The minimum absolute atomic E-state index is 0.00276. The number of amides is 2. The summed E-state index contributed by atoms with van der Waals surface area (Å²) in [5.41, 5.74) is 2.43. The molecule has 1 saturated carbocycles. The fourth-order valence-electron chi connectivity index (χ4n) is 5.00. The smallest absolute Gasteiger partial charge is 0.291 e. The Bertz CT molecular complexity index is 1110. The Labute approximate surface area is 194 Å². The van der Waals surface area contributed by atoms with Gasteiger partial charge in [-0.2, -0.15) is 0 Å². The lowest BCUT2D eigenvalue weighted by atomic mass is 9.88. The van der Waals surface area contributed by atoms with Crippen LogP contribution in [0.1, 0.15) is 48.2 Å². The first-order valence-electron chi connectivity index (χ1n) is 12.1. The van der Waals surface area contributed by atoms with Crippen LogP contribution in [-0.4, -0.2) is 47.8 Å². The van der Waals surface area contributed by atoms with Crippen LogP contribution < -0.4 is 5.32 Å². The molecule has 2 heterocycles. The van der Waals surface area contributed by atoms with Crippen LogP contribution in [0.15, 0.2) is 59.0 Å². The summed E-state index contributed by atoms with van der Waals surface area (Å²) < 4.78 is 6.01. The van der Waals surface area contributed by atoms with Crippen molar-refractivity contribution < 1.29 is 14.0 Å². The monoisotopic (exact) mass is 445 g/mol. The number of rotatable bonds is 5. The van der Waals surface area contributed by atoms with Crippen LogP contribution >= 0.6 is 0 Å². The normalized spacial score (nSPS) is 17.9. The van der Waals surface area contributed by atoms with E-state index in [0.29, 0.717) is 24.4 Å². The number of carbonyl (C=O) groups is 2. The number of fused-ring (bicyclic) bond motifs is 1. The van der Waals surface area contributed by atoms with Crippen LogP contribution in [-0.2, 0) is 11.3 Å². The molecule has 0 radical (unpaired) electrons. The second-order valence-electron chi connectivity index (χ2n) is 9.18. The van der Waals surface area contributed by atoms with E-state index in [-0.39, 0.29) is 23.5 Å². The van der Waals surface area contributed by atoms with Crippen molar-refractivity contribution in [2.45, 2.75) is 38.6 Å². The molecular formula is C27H31N3O3. The maximum absolute atomic E-state index is 13.5. The molecule has 0 atom stereocenters. The van der Waals surface area contributed by atoms with Gasteiger partial charge in [0.15, 0.2) is 0 Å². The molecule has 172 valence electrons. The van der Waals surface area contributed by atoms with E-state index in [0.717, 1.165) is 50.7 Å². The fourth-order valence-corrected chi connectivity index (χ4v) is 5.00. The van der Waals surface area contributed by atoms with Gasteiger partial charge in [0.2, 0.25) is 11.7 Å². The van der Waals surface area contributed by atoms with Crippen LogP contribution in [0.5, 0.6) is 0 Å². The lowest BCUT2D eigenvalue weighted by molar-refractivity contribution is -0.120. The quantitative estimate of drug-likeness (QED) is 0.606. The number of piperazine rings is 1. The number of carbonyl (C=O) groups excluding carboxylic acids is 2. The molecule has 0 unspecified atom stereocenters. The van der Waals surface area contributed by atoms with Crippen LogP contribution in [0.3, 0.4) is 0 Å². The second kappa shape index (κ2) is 9.79. The fraction of sp³-hybridized carbons (Fsp3) is 0.407. The van der Waals surface area contributed by atoms with Crippen molar-refractivity contribution in [2.24, 2.45) is 5.92 Å². The molecule has 2 fully saturated rings. The zero-order valence-electron chi connectivity index (χ0n) is 19.0. The largest absolute Gasteiger partial charge is 0.449 e. The van der Waals surface area contributed by atoms with Gasteiger partial charge < -0.3 is 14.6 Å². The first kappa shape index (κ1) is 21.7. The summed E-state index contributed by atoms with van der Waals surface area (Å²) in [6.45, 7) is 3.78. The number of anilines is 1. The Kier molecular flexibility index (Phi) is 6.44. The molecule has 1 aliphatic carbocycles. The van der Waals surface area contributed by atoms with E-state index in [2.05, 4.69) is 34.5 Å². The molecule has 6 nitrogen and oxygen atoms in total. The first-order valence-corrected chi connectivity index (χ1v) is 12.1. The van der Waals surface area contributed by atoms with E-state index >= 15 is 0 Å². The van der Waals surface area contributed by atoms with Crippen molar-refractivity contribution in [2.75, 3.05) is 31.5 Å². The van der Waals surface area contributed by atoms with Gasteiger partial charge in [0.1, 0.15) is 11.3 Å². The van der Waals surface area contributed by atoms with Gasteiger partial charge in [-0.05, 0) is 30.5 Å². The van der Waals surface area contributed by atoms with Crippen molar-refractivity contribution in [1.29, 1.82) is 0 Å². The SMILES string of the molecule is O=C(Nc1c(C(=O)N2CCN(Cc3ccccc3)CC2)oc2ccccc12)C1CCCCC1. The van der Waals surface area contributed by atoms with Crippen LogP contribution in [0.2, 0.25) is 0 Å². The third-order valence-electron chi connectivity index (χ3n) is 6.92. The number of benzene rings is 2. The van der Waals surface area contributed by atoms with E-state index in [1.54, 1.807) is 0 Å². The van der Waals surface area contributed by atoms with Crippen molar-refractivity contribution in [3.63, 3.8) is 0 Å². The highest BCUT2D eigenvalue weighted by atomic mass is 16.3. The van der Waals surface area contributed by atoms with Crippen LogP contribution in [0.25, 0.3) is 11.0 Å². The topological polar surface area (TPSA) is 65.8 Å². The van der Waals surface area contributed by atoms with Gasteiger partial charge in [0, 0.05) is 44.0 Å². The van der Waals surface area contributed by atoms with Gasteiger partial charge in [-0.1, -0.05) is 61.7 Å². The minimum Gasteiger partial charge on any atom is -0.449 e. The predicted octanol–water partition coefficient (Wildman–Crippen LogP) is 4.91. The van der Waals surface area contributed by atoms with Gasteiger partial charge in [-0.25, -0.2) is 0 Å². The number of para-hydroxylation sites is 1. The second-order valence-corrected chi connectivity index (χ2v) is 9.18. The molecule has 1 aliphatic heterocycles. The highest BCUT2D eigenvalue weighted by molar-refractivity contribution is 6.11. The van der Waals surface area contributed by atoms with Crippen molar-refractivity contribution in [3.05, 3.63) is 65.9 Å². The van der Waals surface area contributed by atoms with E-state index < -0.39 is 0 Å². The van der Waals surface area contributed by atoms with E-state index in [9.17, 15) is 9.59 Å². The number of hydrogen-bond acceptors (Lipinski definition) is 4. The molecule has 0 spiro atoms. The molecule has 6 heteroatoms. The highest BCUT2D eigenvalue weighted by Gasteiger charge is 2.30. The number of furan rings is 1. The molecule has 33 heavy (non-hydrogen) atoms. The van der Waals surface area contributed by atoms with Gasteiger partial charge in [0.25, 0.3) is 5.91 Å². The zero-order valence-corrected chi connectivity index (χ0v) is 19.0. The third-order valence-corrected chi connectivity index (χ3v) is 6.92. The molecule has 3 aromatic rings. The summed E-state index contributed by atoms with van der Waals surface area (Å²) in [5, 5.41) is 3.86. The predicted molar refractivity (Wildman–Crippen MR) is 129 cm³/mol. The summed E-state index contributed by atoms with van der Waals surface area (Å²) in [5.74, 6) is 0.112. The van der Waals surface area contributed by atoms with Crippen molar-refractivity contribution in [3.8, 4) is 0 Å². The van der Waals surface area contributed by atoms with Crippen LogP contribution in [0, 0.1) is 5.92 Å². The molecule has 5 rings (SSSR count). The molecule has 2 aromatic carbocycles. The number of hydrogen-bond donors (Lipinski definition) is 1. The lowest BCUT2D eigenvalue weighted by Gasteiger charge is -2.34. The molecular weight excluding hydrogens is 414 g/mol. The Hall–Kier alpha value is -3.12. The van der Waals surface area contributed by atoms with Crippen molar-refractivity contribution in [1.82, 2.24) is 9.80 Å². The average molecular weight is 446 g/mol. The summed E-state index contributed by atoms with van der Waals surface area (Å²) in [4.78, 5) is 30.7. The highest BCUT2D eigenvalue weighted by Crippen LogP contribution is 2.33. The summed E-state index contributed by atoms with van der Waals surface area (Å²) >= 11 is 0. The van der Waals surface area contributed by atoms with Gasteiger partial charge in [-0.3, -0.25) is 14.5 Å². The zero-order chi connectivity index (χ0) is 22.6. The first-order chi connectivity index (χ1) is 16.2. The van der Waals surface area contributed by atoms with E-state index in [1.807, 2.05) is 35.2 Å². The van der Waals surface area contributed by atoms with Gasteiger partial charge >= 0.3 is 0 Å². The number of nitrogens with one attached hydrogen (secondary N) is 1. The summed E-state index contributed by atoms with van der Waals surface area (Å²) in [6.07, 6.45) is 5.19. The molecule has 1 N–H and O–H groups in total. The molecule has 2 amide bonds. The molecule has 1 aromatic heterocycles. The lowest BCUT2D eigenvalue weighted by Crippen LogP contribution is -2.48. The van der Waals surface area contributed by atoms with Crippen molar-refractivity contribution >= 4 is 28.5 Å². The maximum atomic E-state index is 13.5. The van der Waals surface area contributed by atoms with Crippen LogP contribution in [0.4, 0.5) is 5.69 Å². The Morgan fingerprint density at radius 3 is 2.33 bits per heavy atom. The van der Waals surface area contributed by atoms with E-state index in [4.69, 9.17) is 4.42 Å².